The molecular weight excluding hydrogens is 412 g/mol. The number of carbonyl (C=O) groups is 1. The number of oxazole rings is 1. The third-order valence-electron chi connectivity index (χ3n) is 4.04. The minimum atomic E-state index is -2.94. The maximum atomic E-state index is 12.6. The predicted octanol–water partition coefficient (Wildman–Crippen LogP) is 5.25. The molecule has 6 nitrogen and oxygen atoms in total. The van der Waals surface area contributed by atoms with E-state index in [9.17, 15) is 13.6 Å². The Balaban J connectivity index is 1.42. The summed E-state index contributed by atoms with van der Waals surface area (Å²) in [5, 5.41) is 4.69. The van der Waals surface area contributed by atoms with Crippen molar-refractivity contribution >= 4 is 22.4 Å². The van der Waals surface area contributed by atoms with Crippen LogP contribution in [0.5, 0.6) is 5.75 Å². The summed E-state index contributed by atoms with van der Waals surface area (Å²) in [4.78, 5) is 21.0. The first-order valence-electron chi connectivity index (χ1n) is 8.88. The van der Waals surface area contributed by atoms with Crippen LogP contribution in [0.1, 0.15) is 5.69 Å². The number of halogens is 2. The summed E-state index contributed by atoms with van der Waals surface area (Å²) in [6.07, 6.45) is 1.45. The van der Waals surface area contributed by atoms with Crippen LogP contribution < -0.4 is 10.1 Å². The highest BCUT2D eigenvalue weighted by Gasteiger charge is 2.15. The van der Waals surface area contributed by atoms with Crippen LogP contribution in [0.2, 0.25) is 0 Å². The van der Waals surface area contributed by atoms with E-state index in [2.05, 4.69) is 20.0 Å². The number of nitrogens with one attached hydrogen (secondary N) is 1. The highest BCUT2D eigenvalue weighted by atomic mass is 32.1. The van der Waals surface area contributed by atoms with Gasteiger partial charge in [0.1, 0.15) is 12.0 Å². The Morgan fingerprint density at radius 1 is 1.10 bits per heavy atom. The van der Waals surface area contributed by atoms with Gasteiger partial charge in [-0.15, -0.1) is 11.3 Å². The van der Waals surface area contributed by atoms with Gasteiger partial charge in [0.05, 0.1) is 17.8 Å². The standard InChI is InChI=1S/C21H15F2N3O3S/c22-20(23)29-17-9-5-4-8-15(17)16-12-30-21(25-16)26-18(27)10-14-11-28-19(24-14)13-6-2-1-3-7-13/h1-9,11-12,20H,10H2,(H,25,26,27). The zero-order chi connectivity index (χ0) is 20.9. The summed E-state index contributed by atoms with van der Waals surface area (Å²) in [6.45, 7) is -2.94. The van der Waals surface area contributed by atoms with E-state index in [1.54, 1.807) is 23.6 Å². The Morgan fingerprint density at radius 2 is 1.87 bits per heavy atom. The molecule has 0 saturated heterocycles. The first-order valence-corrected chi connectivity index (χ1v) is 9.76. The van der Waals surface area contributed by atoms with Crippen LogP contribution in [0, 0.1) is 0 Å². The van der Waals surface area contributed by atoms with Crippen LogP contribution in [-0.4, -0.2) is 22.5 Å². The zero-order valence-corrected chi connectivity index (χ0v) is 16.2. The Labute approximate surface area is 174 Å². The van der Waals surface area contributed by atoms with Crippen molar-refractivity contribution in [1.82, 2.24) is 9.97 Å². The lowest BCUT2D eigenvalue weighted by Crippen LogP contribution is -2.14. The van der Waals surface area contributed by atoms with Gasteiger partial charge < -0.3 is 14.5 Å². The SMILES string of the molecule is O=C(Cc1coc(-c2ccccc2)n1)Nc1nc(-c2ccccc2OC(F)F)cs1. The van der Waals surface area contributed by atoms with Crippen LogP contribution in [0.4, 0.5) is 13.9 Å². The summed E-state index contributed by atoms with van der Waals surface area (Å²) >= 11 is 1.18. The van der Waals surface area contributed by atoms with Crippen molar-refractivity contribution in [2.45, 2.75) is 13.0 Å². The number of carbonyl (C=O) groups excluding carboxylic acids is 1. The average Bonchev–Trinajstić information content (AvgIpc) is 3.38. The quantitative estimate of drug-likeness (QED) is 0.436. The molecule has 0 aliphatic heterocycles. The van der Waals surface area contributed by atoms with Crippen molar-refractivity contribution < 1.29 is 22.7 Å². The molecule has 4 rings (SSSR count). The molecule has 0 radical (unpaired) electrons. The molecule has 0 fully saturated rings. The molecule has 2 heterocycles. The fraction of sp³-hybridized carbons (Fsp3) is 0.0952. The van der Waals surface area contributed by atoms with E-state index in [0.29, 0.717) is 28.0 Å². The lowest BCUT2D eigenvalue weighted by atomic mass is 10.1. The zero-order valence-electron chi connectivity index (χ0n) is 15.4. The number of rotatable bonds is 7. The van der Waals surface area contributed by atoms with Gasteiger partial charge >= 0.3 is 6.61 Å². The normalized spacial score (nSPS) is 10.9. The number of nitrogens with zero attached hydrogens (tertiary/aromatic N) is 2. The molecule has 0 bridgehead atoms. The predicted molar refractivity (Wildman–Crippen MR) is 108 cm³/mol. The van der Waals surface area contributed by atoms with Gasteiger partial charge in [0, 0.05) is 16.5 Å². The van der Waals surface area contributed by atoms with E-state index in [1.807, 2.05) is 30.3 Å². The van der Waals surface area contributed by atoms with E-state index < -0.39 is 6.61 Å². The van der Waals surface area contributed by atoms with E-state index in [4.69, 9.17) is 4.42 Å². The maximum absolute atomic E-state index is 12.6. The van der Waals surface area contributed by atoms with Crippen molar-refractivity contribution in [3.05, 3.63) is 71.9 Å². The molecule has 0 spiro atoms. The first-order chi connectivity index (χ1) is 14.6. The highest BCUT2D eigenvalue weighted by Crippen LogP contribution is 2.33. The van der Waals surface area contributed by atoms with Gasteiger partial charge in [-0.2, -0.15) is 8.78 Å². The molecule has 2 aromatic heterocycles. The van der Waals surface area contributed by atoms with Crippen LogP contribution in [0.25, 0.3) is 22.7 Å². The van der Waals surface area contributed by atoms with Crippen LogP contribution in [-0.2, 0) is 11.2 Å². The van der Waals surface area contributed by atoms with Gasteiger partial charge in [-0.25, -0.2) is 9.97 Å². The number of ether oxygens (including phenoxy) is 1. The maximum Gasteiger partial charge on any atom is 0.387 e. The number of anilines is 1. The summed E-state index contributed by atoms with van der Waals surface area (Å²) in [5.41, 5.74) is 2.15. The van der Waals surface area contributed by atoms with E-state index in [-0.39, 0.29) is 18.1 Å². The highest BCUT2D eigenvalue weighted by molar-refractivity contribution is 7.14. The Morgan fingerprint density at radius 3 is 2.67 bits per heavy atom. The molecule has 0 aliphatic carbocycles. The fourth-order valence-electron chi connectivity index (χ4n) is 2.76. The van der Waals surface area contributed by atoms with E-state index in [0.717, 1.165) is 5.56 Å². The number of para-hydroxylation sites is 1. The Kier molecular flexibility index (Phi) is 5.80. The van der Waals surface area contributed by atoms with Crippen molar-refractivity contribution in [3.8, 4) is 28.5 Å². The number of benzene rings is 2. The van der Waals surface area contributed by atoms with E-state index in [1.165, 1.54) is 23.7 Å². The summed E-state index contributed by atoms with van der Waals surface area (Å²) in [6, 6.07) is 15.7. The molecule has 30 heavy (non-hydrogen) atoms. The van der Waals surface area contributed by atoms with Gasteiger partial charge in [-0.3, -0.25) is 4.79 Å². The van der Waals surface area contributed by atoms with Gasteiger partial charge in [-0.05, 0) is 24.3 Å². The van der Waals surface area contributed by atoms with Crippen LogP contribution in [0.15, 0.2) is 70.7 Å². The molecule has 2 aromatic carbocycles. The smallest absolute Gasteiger partial charge is 0.387 e. The second-order valence-electron chi connectivity index (χ2n) is 6.15. The topological polar surface area (TPSA) is 77.3 Å². The summed E-state index contributed by atoms with van der Waals surface area (Å²) in [7, 11) is 0. The van der Waals surface area contributed by atoms with Gasteiger partial charge in [0.2, 0.25) is 11.8 Å². The molecule has 1 amide bonds. The molecule has 4 aromatic rings. The molecule has 0 saturated carbocycles. The number of aromatic nitrogens is 2. The first kappa shape index (κ1) is 19.7. The van der Waals surface area contributed by atoms with Crippen molar-refractivity contribution in [1.29, 1.82) is 0 Å². The number of thiazole rings is 1. The number of hydrogen-bond acceptors (Lipinski definition) is 6. The van der Waals surface area contributed by atoms with Crippen molar-refractivity contribution in [3.63, 3.8) is 0 Å². The monoisotopic (exact) mass is 427 g/mol. The molecule has 1 N–H and O–H groups in total. The number of alkyl halides is 2. The van der Waals surface area contributed by atoms with Crippen LogP contribution in [0.3, 0.4) is 0 Å². The summed E-state index contributed by atoms with van der Waals surface area (Å²) in [5.74, 6) is 0.137. The minimum absolute atomic E-state index is 0.0102. The third-order valence-corrected chi connectivity index (χ3v) is 4.80. The number of hydrogen-bond donors (Lipinski definition) is 1. The summed E-state index contributed by atoms with van der Waals surface area (Å²) < 4.78 is 35.2. The lowest BCUT2D eigenvalue weighted by molar-refractivity contribution is -0.115. The minimum Gasteiger partial charge on any atom is -0.444 e. The molecule has 0 atom stereocenters. The Hall–Kier alpha value is -3.59. The van der Waals surface area contributed by atoms with Crippen molar-refractivity contribution in [2.24, 2.45) is 0 Å². The Bertz CT molecular complexity index is 1150. The van der Waals surface area contributed by atoms with Crippen LogP contribution >= 0.6 is 11.3 Å². The molecule has 0 aliphatic rings. The van der Waals surface area contributed by atoms with E-state index >= 15 is 0 Å². The molecule has 9 heteroatoms. The second-order valence-corrected chi connectivity index (χ2v) is 7.01. The largest absolute Gasteiger partial charge is 0.444 e. The molecular formula is C21H15F2N3O3S. The lowest BCUT2D eigenvalue weighted by Gasteiger charge is -2.08. The third kappa shape index (κ3) is 4.69. The fourth-order valence-corrected chi connectivity index (χ4v) is 3.49. The van der Waals surface area contributed by atoms with Gasteiger partial charge in [0.25, 0.3) is 0 Å². The van der Waals surface area contributed by atoms with Crippen molar-refractivity contribution in [2.75, 3.05) is 5.32 Å². The number of amides is 1. The molecule has 0 unspecified atom stereocenters. The van der Waals surface area contributed by atoms with Gasteiger partial charge in [-0.1, -0.05) is 30.3 Å². The average molecular weight is 427 g/mol. The van der Waals surface area contributed by atoms with Gasteiger partial charge in [0.15, 0.2) is 5.13 Å². The second kappa shape index (κ2) is 8.83. The molecule has 152 valence electrons.